The average Bonchev–Trinajstić information content (AvgIpc) is 2.40. The van der Waals surface area contributed by atoms with Crippen molar-refractivity contribution in [3.63, 3.8) is 0 Å². The average molecular weight is 355 g/mol. The quantitative estimate of drug-likeness (QED) is 0.812. The molecule has 0 bridgehead atoms. The van der Waals surface area contributed by atoms with E-state index in [1.54, 1.807) is 32.9 Å². The molecule has 1 N–H and O–H groups in total. The Balaban J connectivity index is 3.23. The summed E-state index contributed by atoms with van der Waals surface area (Å²) in [5, 5.41) is 9.48. The zero-order valence-electron chi connectivity index (χ0n) is 15.1. The highest BCUT2D eigenvalue weighted by atomic mass is 32.2. The van der Waals surface area contributed by atoms with Crippen molar-refractivity contribution in [3.8, 4) is 0 Å². The fourth-order valence-corrected chi connectivity index (χ4v) is 2.66. The Bertz CT molecular complexity index is 657. The summed E-state index contributed by atoms with van der Waals surface area (Å²) in [5.41, 5.74) is 0.276. The van der Waals surface area contributed by atoms with Crippen molar-refractivity contribution in [3.05, 3.63) is 35.1 Å². The number of carboxylic acids is 1. The third-order valence-corrected chi connectivity index (χ3v) is 5.06. The molecule has 134 valence electrons. The summed E-state index contributed by atoms with van der Waals surface area (Å²) in [6.07, 6.45) is 1.44. The lowest BCUT2D eigenvalue weighted by molar-refractivity contribution is -0.145. The lowest BCUT2D eigenvalue weighted by Crippen LogP contribution is -2.30. The van der Waals surface area contributed by atoms with Crippen molar-refractivity contribution in [2.24, 2.45) is 15.7 Å². The second-order valence-electron chi connectivity index (χ2n) is 7.87. The summed E-state index contributed by atoms with van der Waals surface area (Å²) in [4.78, 5) is 11.6. The zero-order chi connectivity index (χ0) is 18.7. The highest BCUT2D eigenvalue weighted by molar-refractivity contribution is 7.85. The van der Waals surface area contributed by atoms with Gasteiger partial charge in [0.15, 0.2) is 0 Å². The third-order valence-electron chi connectivity index (χ3n) is 3.71. The smallest absolute Gasteiger partial charge is 0.307 e. The first-order valence-corrected chi connectivity index (χ1v) is 8.91. The molecule has 0 amide bonds. The van der Waals surface area contributed by atoms with Crippen molar-refractivity contribution in [1.29, 1.82) is 0 Å². The number of carbonyl (C=O) groups is 1. The lowest BCUT2D eigenvalue weighted by Gasteiger charge is -2.27. The summed E-state index contributed by atoms with van der Waals surface area (Å²) >= 11 is 0. The molecular formula is C18H26FNO3S. The summed E-state index contributed by atoms with van der Waals surface area (Å²) in [6, 6.07) is 4.52. The zero-order valence-corrected chi connectivity index (χ0v) is 15.9. The molecule has 0 aliphatic carbocycles. The maximum atomic E-state index is 14.2. The Morgan fingerprint density at radius 3 is 2.33 bits per heavy atom. The molecule has 0 aliphatic heterocycles. The van der Waals surface area contributed by atoms with Crippen LogP contribution in [-0.4, -0.2) is 26.2 Å². The van der Waals surface area contributed by atoms with Crippen molar-refractivity contribution in [1.82, 2.24) is 0 Å². The molecule has 0 fully saturated rings. The van der Waals surface area contributed by atoms with E-state index in [2.05, 4.69) is 4.40 Å². The maximum Gasteiger partial charge on any atom is 0.307 e. The number of aliphatic carboxylic acids is 1. The van der Waals surface area contributed by atoms with E-state index in [0.717, 1.165) is 0 Å². The summed E-state index contributed by atoms with van der Waals surface area (Å²) in [5.74, 6) is -2.09. The molecule has 24 heavy (non-hydrogen) atoms. The van der Waals surface area contributed by atoms with Crippen LogP contribution in [0.1, 0.15) is 52.7 Å². The first kappa shape index (κ1) is 20.5. The number of carboxylic acid groups (broad SMARTS) is 1. The fraction of sp³-hybridized carbons (Fsp3) is 0.556. The van der Waals surface area contributed by atoms with Crippen molar-refractivity contribution in [2.75, 3.05) is 0 Å². The number of halogens is 1. The van der Waals surface area contributed by atoms with Crippen LogP contribution < -0.4 is 0 Å². The molecule has 0 saturated heterocycles. The number of hydrogen-bond donors (Lipinski definition) is 1. The molecule has 1 aromatic rings. The van der Waals surface area contributed by atoms with Crippen LogP contribution in [0.3, 0.4) is 0 Å². The van der Waals surface area contributed by atoms with Crippen molar-refractivity contribution in [2.45, 2.75) is 52.7 Å². The Kier molecular flexibility index (Phi) is 6.45. The molecule has 0 radical (unpaired) electrons. The Hall–Kier alpha value is -1.56. The molecule has 4 nitrogen and oxygen atoms in total. The SMILES string of the molecule is CC(C)(C)C(Cc1cccc(F)c1C=NS(=O)C(C)(C)C)C(=O)O. The number of nitrogens with zero attached hydrogens (tertiary/aromatic N) is 1. The fourth-order valence-electron chi connectivity index (χ4n) is 2.15. The predicted octanol–water partition coefficient (Wildman–Crippen LogP) is 4.00. The second kappa shape index (κ2) is 7.55. The van der Waals surface area contributed by atoms with E-state index in [4.69, 9.17) is 0 Å². The largest absolute Gasteiger partial charge is 0.481 e. The monoisotopic (exact) mass is 355 g/mol. The highest BCUT2D eigenvalue weighted by Gasteiger charge is 2.32. The van der Waals surface area contributed by atoms with Gasteiger partial charge in [-0.15, -0.1) is 0 Å². The molecule has 2 unspecified atom stereocenters. The lowest BCUT2D eigenvalue weighted by atomic mass is 9.76. The van der Waals surface area contributed by atoms with Gasteiger partial charge in [-0.05, 0) is 44.2 Å². The maximum absolute atomic E-state index is 14.2. The van der Waals surface area contributed by atoms with Crippen molar-refractivity contribution < 1.29 is 18.5 Å². The number of rotatable bonds is 5. The highest BCUT2D eigenvalue weighted by Crippen LogP contribution is 2.30. The molecule has 1 aromatic carbocycles. The molecule has 0 saturated carbocycles. The number of hydrogen-bond acceptors (Lipinski definition) is 2. The van der Waals surface area contributed by atoms with E-state index in [9.17, 15) is 18.5 Å². The summed E-state index contributed by atoms with van der Waals surface area (Å²) in [6.45, 7) is 10.9. The minimum absolute atomic E-state index is 0.181. The molecule has 6 heteroatoms. The standard InChI is InChI=1S/C18H26FNO3S/c1-17(2,3)14(16(21)22)10-12-8-7-9-15(19)13(12)11-20-24(23)18(4,5)6/h7-9,11,14H,10H2,1-6H3,(H,21,22). The van der Waals surface area contributed by atoms with Gasteiger partial charge in [-0.3, -0.25) is 4.79 Å². The van der Waals surface area contributed by atoms with Crippen LogP contribution in [0.4, 0.5) is 4.39 Å². The van der Waals surface area contributed by atoms with E-state index < -0.39 is 38.9 Å². The van der Waals surface area contributed by atoms with Gasteiger partial charge in [0, 0.05) is 11.8 Å². The Labute approximate surface area is 145 Å². The molecule has 0 aliphatic rings. The second-order valence-corrected chi connectivity index (χ2v) is 9.80. The van der Waals surface area contributed by atoms with Crippen LogP contribution in [0.5, 0.6) is 0 Å². The Morgan fingerprint density at radius 1 is 1.29 bits per heavy atom. The molecule has 0 aromatic heterocycles. The van der Waals surface area contributed by atoms with Gasteiger partial charge in [0.25, 0.3) is 0 Å². The van der Waals surface area contributed by atoms with Gasteiger partial charge in [0.2, 0.25) is 0 Å². The normalized spacial score (nSPS) is 15.5. The van der Waals surface area contributed by atoms with Gasteiger partial charge in [-0.2, -0.15) is 4.40 Å². The summed E-state index contributed by atoms with van der Waals surface area (Å²) in [7, 11) is -1.51. The van der Waals surface area contributed by atoms with E-state index in [1.165, 1.54) is 12.3 Å². The minimum Gasteiger partial charge on any atom is -0.481 e. The molecule has 0 spiro atoms. The van der Waals surface area contributed by atoms with Gasteiger partial charge in [0.1, 0.15) is 16.8 Å². The Morgan fingerprint density at radius 2 is 1.88 bits per heavy atom. The van der Waals surface area contributed by atoms with Crippen LogP contribution >= 0.6 is 0 Å². The van der Waals surface area contributed by atoms with Crippen LogP contribution in [0.15, 0.2) is 22.6 Å². The van der Waals surface area contributed by atoms with Gasteiger partial charge < -0.3 is 5.11 Å². The third kappa shape index (κ3) is 5.51. The van der Waals surface area contributed by atoms with E-state index >= 15 is 0 Å². The molecule has 1 rings (SSSR count). The van der Waals surface area contributed by atoms with Crippen LogP contribution in [-0.2, 0) is 22.2 Å². The number of benzene rings is 1. The van der Waals surface area contributed by atoms with Crippen LogP contribution in [0, 0.1) is 17.2 Å². The van der Waals surface area contributed by atoms with Gasteiger partial charge in [-0.25, -0.2) is 8.60 Å². The summed E-state index contributed by atoms with van der Waals surface area (Å²) < 4.78 is 29.7. The van der Waals surface area contributed by atoms with Gasteiger partial charge in [-0.1, -0.05) is 32.9 Å². The van der Waals surface area contributed by atoms with Crippen LogP contribution in [0.25, 0.3) is 0 Å². The van der Waals surface area contributed by atoms with Gasteiger partial charge >= 0.3 is 5.97 Å². The van der Waals surface area contributed by atoms with Crippen LogP contribution in [0.2, 0.25) is 0 Å². The van der Waals surface area contributed by atoms with E-state index in [1.807, 2.05) is 20.8 Å². The first-order valence-electron chi connectivity index (χ1n) is 7.80. The predicted molar refractivity (Wildman–Crippen MR) is 96.2 cm³/mol. The topological polar surface area (TPSA) is 66.7 Å². The van der Waals surface area contributed by atoms with E-state index in [-0.39, 0.29) is 12.0 Å². The molecular weight excluding hydrogens is 329 g/mol. The molecule has 0 heterocycles. The minimum atomic E-state index is -1.51. The first-order chi connectivity index (χ1) is 10.8. The molecule has 2 atom stereocenters. The van der Waals surface area contributed by atoms with Gasteiger partial charge in [0.05, 0.1) is 10.7 Å². The van der Waals surface area contributed by atoms with Crippen molar-refractivity contribution >= 4 is 23.2 Å². The van der Waals surface area contributed by atoms with E-state index in [0.29, 0.717) is 5.56 Å².